The van der Waals surface area contributed by atoms with Gasteiger partial charge in [-0.25, -0.2) is 4.39 Å². The Morgan fingerprint density at radius 2 is 2.06 bits per heavy atom. The van der Waals surface area contributed by atoms with Crippen LogP contribution in [0.3, 0.4) is 0 Å². The van der Waals surface area contributed by atoms with Crippen molar-refractivity contribution >= 4 is 11.8 Å². The second-order valence-electron chi connectivity index (χ2n) is 4.66. The lowest BCUT2D eigenvalue weighted by atomic mass is 10.0. The quantitative estimate of drug-likeness (QED) is 0.791. The monoisotopic (exact) mass is 269 g/mol. The Balaban J connectivity index is 2.76. The van der Waals surface area contributed by atoms with Gasteiger partial charge in [0, 0.05) is 17.0 Å². The number of hydrogen-bond acceptors (Lipinski definition) is 2. The highest BCUT2D eigenvalue weighted by Crippen LogP contribution is 2.25. The Kier molecular flexibility index (Phi) is 6.72. The van der Waals surface area contributed by atoms with E-state index in [-0.39, 0.29) is 5.82 Å². The van der Waals surface area contributed by atoms with Gasteiger partial charge in [0.1, 0.15) is 5.82 Å². The smallest absolute Gasteiger partial charge is 0.123 e. The second kappa shape index (κ2) is 7.80. The molecular formula is C15H24FNS. The minimum absolute atomic E-state index is 0.152. The average Bonchev–Trinajstić information content (AvgIpc) is 2.34. The molecule has 102 valence electrons. The highest BCUT2D eigenvalue weighted by atomic mass is 32.2. The van der Waals surface area contributed by atoms with Crippen molar-refractivity contribution in [1.82, 2.24) is 5.32 Å². The van der Waals surface area contributed by atoms with E-state index in [2.05, 4.69) is 26.1 Å². The van der Waals surface area contributed by atoms with Crippen molar-refractivity contribution in [3.63, 3.8) is 0 Å². The number of rotatable bonds is 7. The van der Waals surface area contributed by atoms with Gasteiger partial charge in [-0.1, -0.05) is 26.8 Å². The van der Waals surface area contributed by atoms with E-state index in [9.17, 15) is 4.39 Å². The predicted molar refractivity (Wildman–Crippen MR) is 79.8 cm³/mol. The van der Waals surface area contributed by atoms with Crippen molar-refractivity contribution < 1.29 is 4.39 Å². The molecule has 2 unspecified atom stereocenters. The molecule has 2 atom stereocenters. The van der Waals surface area contributed by atoms with Crippen molar-refractivity contribution in [2.24, 2.45) is 0 Å². The van der Waals surface area contributed by atoms with Crippen LogP contribution in [-0.4, -0.2) is 17.5 Å². The van der Waals surface area contributed by atoms with Crippen LogP contribution in [-0.2, 0) is 0 Å². The van der Waals surface area contributed by atoms with Crippen LogP contribution in [0.4, 0.5) is 4.39 Å². The zero-order valence-corrected chi connectivity index (χ0v) is 12.6. The largest absolute Gasteiger partial charge is 0.310 e. The van der Waals surface area contributed by atoms with Gasteiger partial charge in [-0.15, -0.1) is 0 Å². The van der Waals surface area contributed by atoms with Crippen LogP contribution in [0.2, 0.25) is 0 Å². The first kappa shape index (κ1) is 15.5. The van der Waals surface area contributed by atoms with E-state index in [0.29, 0.717) is 11.3 Å². The average molecular weight is 269 g/mol. The third-order valence-corrected chi connectivity index (χ3v) is 4.61. The molecule has 0 aliphatic heterocycles. The van der Waals surface area contributed by atoms with Crippen molar-refractivity contribution in [2.45, 2.75) is 45.4 Å². The van der Waals surface area contributed by atoms with Crippen molar-refractivity contribution in [1.29, 1.82) is 0 Å². The van der Waals surface area contributed by atoms with Gasteiger partial charge in [0.25, 0.3) is 0 Å². The molecule has 1 aromatic rings. The molecule has 0 bridgehead atoms. The second-order valence-corrected chi connectivity index (χ2v) is 6.13. The molecule has 3 heteroatoms. The maximum Gasteiger partial charge on any atom is 0.123 e. The lowest BCUT2D eigenvalue weighted by molar-refractivity contribution is 0.593. The zero-order valence-electron chi connectivity index (χ0n) is 11.8. The van der Waals surface area contributed by atoms with E-state index in [1.165, 1.54) is 12.0 Å². The molecule has 1 aromatic carbocycles. The van der Waals surface area contributed by atoms with E-state index in [1.54, 1.807) is 12.1 Å². The van der Waals surface area contributed by atoms with E-state index in [4.69, 9.17) is 0 Å². The summed E-state index contributed by atoms with van der Waals surface area (Å²) in [6.45, 7) is 9.49. The summed E-state index contributed by atoms with van der Waals surface area (Å²) in [6, 6.07) is 5.40. The third kappa shape index (κ3) is 4.62. The Morgan fingerprint density at radius 3 is 2.61 bits per heavy atom. The maximum atomic E-state index is 13.1. The van der Waals surface area contributed by atoms with Gasteiger partial charge in [0.2, 0.25) is 0 Å². The molecule has 0 aliphatic rings. The Morgan fingerprint density at radius 1 is 1.33 bits per heavy atom. The van der Waals surface area contributed by atoms with Gasteiger partial charge < -0.3 is 5.32 Å². The van der Waals surface area contributed by atoms with Gasteiger partial charge in [-0.3, -0.25) is 0 Å². The fraction of sp³-hybridized carbons (Fsp3) is 0.600. The molecule has 0 heterocycles. The minimum atomic E-state index is -0.152. The van der Waals surface area contributed by atoms with E-state index < -0.39 is 0 Å². The lowest BCUT2D eigenvalue weighted by Gasteiger charge is -2.21. The van der Waals surface area contributed by atoms with Crippen LogP contribution in [0.5, 0.6) is 0 Å². The fourth-order valence-corrected chi connectivity index (χ4v) is 2.97. The van der Waals surface area contributed by atoms with Gasteiger partial charge in [-0.05, 0) is 43.1 Å². The SMILES string of the molecule is CCNC(CSC(C)CC)c1ccc(F)cc1C. The molecule has 1 nitrogen and oxygen atoms in total. The molecule has 0 saturated heterocycles. The number of halogens is 1. The van der Waals surface area contributed by atoms with E-state index in [0.717, 1.165) is 17.9 Å². The van der Waals surface area contributed by atoms with Crippen molar-refractivity contribution in [3.05, 3.63) is 35.1 Å². The molecule has 18 heavy (non-hydrogen) atoms. The van der Waals surface area contributed by atoms with Crippen LogP contribution in [0, 0.1) is 12.7 Å². The summed E-state index contributed by atoms with van der Waals surface area (Å²) in [5.41, 5.74) is 2.25. The van der Waals surface area contributed by atoms with E-state index in [1.807, 2.05) is 24.8 Å². The summed E-state index contributed by atoms with van der Waals surface area (Å²) in [7, 11) is 0. The molecule has 0 amide bonds. The summed E-state index contributed by atoms with van der Waals surface area (Å²) in [5.74, 6) is 0.885. The Hall–Kier alpha value is -0.540. The highest BCUT2D eigenvalue weighted by molar-refractivity contribution is 7.99. The molecule has 0 fully saturated rings. The minimum Gasteiger partial charge on any atom is -0.310 e. The molecular weight excluding hydrogens is 245 g/mol. The van der Waals surface area contributed by atoms with Gasteiger partial charge in [-0.2, -0.15) is 11.8 Å². The Bertz CT molecular complexity index is 368. The summed E-state index contributed by atoms with van der Waals surface area (Å²) in [5, 5.41) is 4.17. The molecule has 0 radical (unpaired) electrons. The number of benzene rings is 1. The van der Waals surface area contributed by atoms with Crippen LogP contribution in [0.15, 0.2) is 18.2 Å². The van der Waals surface area contributed by atoms with Crippen molar-refractivity contribution in [3.8, 4) is 0 Å². The molecule has 1 N–H and O–H groups in total. The molecule has 0 saturated carbocycles. The summed E-state index contributed by atoms with van der Waals surface area (Å²) < 4.78 is 13.1. The number of hydrogen-bond donors (Lipinski definition) is 1. The lowest BCUT2D eigenvalue weighted by Crippen LogP contribution is -2.24. The van der Waals surface area contributed by atoms with Crippen LogP contribution >= 0.6 is 11.8 Å². The molecule has 0 spiro atoms. The fourth-order valence-electron chi connectivity index (χ4n) is 1.91. The van der Waals surface area contributed by atoms with Crippen LogP contribution < -0.4 is 5.32 Å². The first-order chi connectivity index (χ1) is 8.58. The normalized spacial score (nSPS) is 14.5. The molecule has 0 aliphatic carbocycles. The third-order valence-electron chi connectivity index (χ3n) is 3.18. The molecule has 0 aromatic heterocycles. The Labute approximate surface area is 115 Å². The number of nitrogens with one attached hydrogen (secondary N) is 1. The number of aryl methyl sites for hydroxylation is 1. The zero-order chi connectivity index (χ0) is 13.5. The predicted octanol–water partition coefficient (Wildman–Crippen LogP) is 4.32. The van der Waals surface area contributed by atoms with Crippen molar-refractivity contribution in [2.75, 3.05) is 12.3 Å². The summed E-state index contributed by atoms with van der Waals surface area (Å²) in [6.07, 6.45) is 1.19. The standard InChI is InChI=1S/C15H24FNS/c1-5-12(4)18-10-15(17-6-2)14-8-7-13(16)9-11(14)3/h7-9,12,15,17H,5-6,10H2,1-4H3. The van der Waals surface area contributed by atoms with Gasteiger partial charge in [0.15, 0.2) is 0 Å². The topological polar surface area (TPSA) is 12.0 Å². The van der Waals surface area contributed by atoms with E-state index >= 15 is 0 Å². The first-order valence-electron chi connectivity index (χ1n) is 6.69. The van der Waals surface area contributed by atoms with Gasteiger partial charge in [0.05, 0.1) is 0 Å². The van der Waals surface area contributed by atoms with Crippen LogP contribution in [0.1, 0.15) is 44.4 Å². The molecule has 1 rings (SSSR count). The number of thioether (sulfide) groups is 1. The first-order valence-corrected chi connectivity index (χ1v) is 7.74. The van der Waals surface area contributed by atoms with Gasteiger partial charge >= 0.3 is 0 Å². The van der Waals surface area contributed by atoms with Crippen LogP contribution in [0.25, 0.3) is 0 Å². The highest BCUT2D eigenvalue weighted by Gasteiger charge is 2.14. The summed E-state index contributed by atoms with van der Waals surface area (Å²) in [4.78, 5) is 0. The maximum absolute atomic E-state index is 13.1. The summed E-state index contributed by atoms with van der Waals surface area (Å²) >= 11 is 1.98.